The van der Waals surface area contributed by atoms with Gasteiger partial charge in [-0.1, -0.05) is 26.1 Å². The summed E-state index contributed by atoms with van der Waals surface area (Å²) in [5.41, 5.74) is 5.55. The number of aromatic nitrogens is 3. The number of hydrogen-bond donors (Lipinski definition) is 1. The van der Waals surface area contributed by atoms with E-state index >= 15 is 0 Å². The first-order valence-corrected chi connectivity index (χ1v) is 6.23. The number of nitrogens with two attached hydrogens (primary N) is 1. The SMILES string of the molecule is CC(C)CN(CCC(N)=S)Cc1ncnn1C. The monoisotopic (exact) mass is 255 g/mol. The topological polar surface area (TPSA) is 60.0 Å². The summed E-state index contributed by atoms with van der Waals surface area (Å²) in [6.45, 7) is 7.07. The van der Waals surface area contributed by atoms with Crippen LogP contribution in [-0.4, -0.2) is 37.7 Å². The lowest BCUT2D eigenvalue weighted by atomic mass is 10.2. The second-order valence-corrected chi connectivity index (χ2v) is 5.17. The Morgan fingerprint density at radius 3 is 2.76 bits per heavy atom. The maximum atomic E-state index is 5.55. The summed E-state index contributed by atoms with van der Waals surface area (Å²) in [7, 11) is 1.91. The predicted molar refractivity (Wildman–Crippen MR) is 72.5 cm³/mol. The number of aryl methyl sites for hydroxylation is 1. The summed E-state index contributed by atoms with van der Waals surface area (Å²) in [6.07, 6.45) is 2.33. The van der Waals surface area contributed by atoms with Gasteiger partial charge in [-0.25, -0.2) is 4.98 Å². The van der Waals surface area contributed by atoms with Crippen LogP contribution >= 0.6 is 12.2 Å². The minimum Gasteiger partial charge on any atom is -0.393 e. The lowest BCUT2D eigenvalue weighted by Crippen LogP contribution is -2.31. The van der Waals surface area contributed by atoms with Crippen molar-refractivity contribution < 1.29 is 0 Å². The van der Waals surface area contributed by atoms with E-state index in [2.05, 4.69) is 28.8 Å². The molecule has 0 radical (unpaired) electrons. The van der Waals surface area contributed by atoms with Crippen LogP contribution < -0.4 is 5.73 Å². The molecule has 1 aromatic rings. The van der Waals surface area contributed by atoms with E-state index in [0.717, 1.165) is 31.9 Å². The van der Waals surface area contributed by atoms with Crippen LogP contribution in [0, 0.1) is 5.92 Å². The molecule has 0 amide bonds. The highest BCUT2D eigenvalue weighted by Crippen LogP contribution is 2.05. The molecule has 1 aromatic heterocycles. The molecule has 1 rings (SSSR count). The van der Waals surface area contributed by atoms with Crippen molar-refractivity contribution in [3.63, 3.8) is 0 Å². The zero-order valence-corrected chi connectivity index (χ0v) is 11.6. The molecule has 1 heterocycles. The van der Waals surface area contributed by atoms with Crippen LogP contribution in [0.1, 0.15) is 26.1 Å². The average Bonchev–Trinajstić information content (AvgIpc) is 2.60. The fourth-order valence-electron chi connectivity index (χ4n) is 1.68. The van der Waals surface area contributed by atoms with E-state index in [1.165, 1.54) is 0 Å². The van der Waals surface area contributed by atoms with Crippen molar-refractivity contribution in [3.05, 3.63) is 12.2 Å². The Morgan fingerprint density at radius 1 is 1.59 bits per heavy atom. The molecule has 6 heteroatoms. The summed E-state index contributed by atoms with van der Waals surface area (Å²) >= 11 is 4.92. The molecule has 0 aromatic carbocycles. The maximum Gasteiger partial charge on any atom is 0.140 e. The normalized spacial score (nSPS) is 11.4. The number of thiocarbonyl (C=S) groups is 1. The number of rotatable bonds is 7. The van der Waals surface area contributed by atoms with E-state index in [-0.39, 0.29) is 0 Å². The van der Waals surface area contributed by atoms with Crippen molar-refractivity contribution in [1.82, 2.24) is 19.7 Å². The van der Waals surface area contributed by atoms with E-state index in [9.17, 15) is 0 Å². The first-order chi connectivity index (χ1) is 7.99. The Labute approximate surface area is 108 Å². The van der Waals surface area contributed by atoms with Gasteiger partial charge >= 0.3 is 0 Å². The fraction of sp³-hybridized carbons (Fsp3) is 0.727. The molecule has 96 valence electrons. The van der Waals surface area contributed by atoms with Crippen LogP contribution in [0.25, 0.3) is 0 Å². The summed E-state index contributed by atoms with van der Waals surface area (Å²) in [5.74, 6) is 1.57. The van der Waals surface area contributed by atoms with Gasteiger partial charge in [0.05, 0.1) is 11.5 Å². The maximum absolute atomic E-state index is 5.55. The van der Waals surface area contributed by atoms with Crippen molar-refractivity contribution in [3.8, 4) is 0 Å². The van der Waals surface area contributed by atoms with Crippen molar-refractivity contribution >= 4 is 17.2 Å². The molecule has 0 spiro atoms. The molecule has 0 saturated carbocycles. The van der Waals surface area contributed by atoms with Gasteiger partial charge in [-0.05, 0) is 5.92 Å². The highest BCUT2D eigenvalue weighted by atomic mass is 32.1. The molecule has 0 aliphatic heterocycles. The standard InChI is InChI=1S/C11H21N5S/c1-9(2)6-16(5-4-10(12)17)7-11-13-8-14-15(11)3/h8-9H,4-7H2,1-3H3,(H2,12,17). The molecular formula is C11H21N5S. The highest BCUT2D eigenvalue weighted by molar-refractivity contribution is 7.80. The Bertz CT molecular complexity index is 360. The molecular weight excluding hydrogens is 234 g/mol. The average molecular weight is 255 g/mol. The lowest BCUT2D eigenvalue weighted by Gasteiger charge is -2.23. The quantitative estimate of drug-likeness (QED) is 0.735. The lowest BCUT2D eigenvalue weighted by molar-refractivity contribution is 0.234. The van der Waals surface area contributed by atoms with Crippen molar-refractivity contribution in [2.45, 2.75) is 26.8 Å². The Hall–Kier alpha value is -1.01. The Balaban J connectivity index is 2.56. The molecule has 0 unspecified atom stereocenters. The summed E-state index contributed by atoms with van der Waals surface area (Å²) in [5, 5.41) is 4.07. The molecule has 0 bridgehead atoms. The summed E-state index contributed by atoms with van der Waals surface area (Å²) in [6, 6.07) is 0. The third kappa shape index (κ3) is 5.23. The van der Waals surface area contributed by atoms with Gasteiger partial charge in [-0.3, -0.25) is 9.58 Å². The van der Waals surface area contributed by atoms with Gasteiger partial charge in [-0.2, -0.15) is 5.10 Å². The zero-order valence-electron chi connectivity index (χ0n) is 10.8. The first-order valence-electron chi connectivity index (χ1n) is 5.82. The van der Waals surface area contributed by atoms with Crippen LogP contribution in [0.5, 0.6) is 0 Å². The Kier molecular flexibility index (Phi) is 5.50. The second kappa shape index (κ2) is 6.66. The van der Waals surface area contributed by atoms with Crippen molar-refractivity contribution in [2.24, 2.45) is 18.7 Å². The molecule has 0 aliphatic carbocycles. The van der Waals surface area contributed by atoms with E-state index in [1.54, 1.807) is 11.0 Å². The van der Waals surface area contributed by atoms with Gasteiger partial charge in [0, 0.05) is 26.6 Å². The molecule has 17 heavy (non-hydrogen) atoms. The highest BCUT2D eigenvalue weighted by Gasteiger charge is 2.11. The van der Waals surface area contributed by atoms with Gasteiger partial charge in [-0.15, -0.1) is 0 Å². The summed E-state index contributed by atoms with van der Waals surface area (Å²) in [4.78, 5) is 7.12. The molecule has 0 aliphatic rings. The van der Waals surface area contributed by atoms with Gasteiger partial charge in [0.25, 0.3) is 0 Å². The van der Waals surface area contributed by atoms with E-state index < -0.39 is 0 Å². The molecule has 0 saturated heterocycles. The molecule has 0 atom stereocenters. The minimum absolute atomic E-state index is 0.566. The third-order valence-corrected chi connectivity index (χ3v) is 2.67. The first kappa shape index (κ1) is 14.1. The molecule has 0 fully saturated rings. The van der Waals surface area contributed by atoms with E-state index in [0.29, 0.717) is 10.9 Å². The van der Waals surface area contributed by atoms with Crippen LogP contribution in [0.3, 0.4) is 0 Å². The van der Waals surface area contributed by atoms with Crippen molar-refractivity contribution in [1.29, 1.82) is 0 Å². The zero-order chi connectivity index (χ0) is 12.8. The van der Waals surface area contributed by atoms with E-state index in [1.807, 2.05) is 7.05 Å². The van der Waals surface area contributed by atoms with Gasteiger partial charge in [0.1, 0.15) is 12.2 Å². The smallest absolute Gasteiger partial charge is 0.140 e. The summed E-state index contributed by atoms with van der Waals surface area (Å²) < 4.78 is 1.80. The van der Waals surface area contributed by atoms with Crippen LogP contribution in [0.2, 0.25) is 0 Å². The molecule has 5 nitrogen and oxygen atoms in total. The van der Waals surface area contributed by atoms with Crippen LogP contribution in [-0.2, 0) is 13.6 Å². The van der Waals surface area contributed by atoms with Crippen molar-refractivity contribution in [2.75, 3.05) is 13.1 Å². The largest absolute Gasteiger partial charge is 0.393 e. The Morgan fingerprint density at radius 2 is 2.29 bits per heavy atom. The fourth-order valence-corrected chi connectivity index (χ4v) is 1.77. The predicted octanol–water partition coefficient (Wildman–Crippen LogP) is 0.949. The van der Waals surface area contributed by atoms with Crippen LogP contribution in [0.15, 0.2) is 6.33 Å². The minimum atomic E-state index is 0.566. The number of nitrogens with zero attached hydrogens (tertiary/aromatic N) is 4. The number of hydrogen-bond acceptors (Lipinski definition) is 4. The van der Waals surface area contributed by atoms with Gasteiger partial charge in [0.2, 0.25) is 0 Å². The van der Waals surface area contributed by atoms with Gasteiger partial charge < -0.3 is 5.73 Å². The third-order valence-electron chi connectivity index (χ3n) is 2.47. The second-order valence-electron chi connectivity index (χ2n) is 4.65. The van der Waals surface area contributed by atoms with E-state index in [4.69, 9.17) is 18.0 Å². The van der Waals surface area contributed by atoms with Gasteiger partial charge in [0.15, 0.2) is 0 Å². The molecule has 2 N–H and O–H groups in total. The van der Waals surface area contributed by atoms with Crippen LogP contribution in [0.4, 0.5) is 0 Å².